The lowest BCUT2D eigenvalue weighted by Gasteiger charge is -2.33. The zero-order valence-corrected chi connectivity index (χ0v) is 14.7. The fourth-order valence-corrected chi connectivity index (χ4v) is 2.96. The molecule has 25 heavy (non-hydrogen) atoms. The van der Waals surface area contributed by atoms with Crippen molar-refractivity contribution in [1.29, 1.82) is 0 Å². The van der Waals surface area contributed by atoms with Gasteiger partial charge in [-0.2, -0.15) is 5.10 Å². The molecule has 2 aromatic rings. The Morgan fingerprint density at radius 2 is 2.32 bits per heavy atom. The third kappa shape index (κ3) is 4.54. The molecule has 0 aromatic carbocycles. The lowest BCUT2D eigenvalue weighted by Crippen LogP contribution is -2.42. The minimum Gasteiger partial charge on any atom is -0.388 e. The lowest BCUT2D eigenvalue weighted by molar-refractivity contribution is -0.139. The van der Waals surface area contributed by atoms with Gasteiger partial charge in [-0.15, -0.1) is 0 Å². The third-order valence-corrected chi connectivity index (χ3v) is 4.26. The van der Waals surface area contributed by atoms with E-state index in [2.05, 4.69) is 20.4 Å². The molecule has 1 aliphatic heterocycles. The van der Waals surface area contributed by atoms with Gasteiger partial charge in [-0.3, -0.25) is 14.5 Å². The molecule has 2 aromatic heterocycles. The van der Waals surface area contributed by atoms with Crippen LogP contribution in [0.15, 0.2) is 24.8 Å². The highest BCUT2D eigenvalue weighted by Crippen LogP contribution is 2.24. The van der Waals surface area contributed by atoms with E-state index in [0.717, 1.165) is 23.5 Å². The van der Waals surface area contributed by atoms with Crippen LogP contribution >= 0.6 is 0 Å². The fourth-order valence-electron chi connectivity index (χ4n) is 2.96. The minimum absolute atomic E-state index is 0.148. The molecule has 0 spiro atoms. The van der Waals surface area contributed by atoms with E-state index < -0.39 is 0 Å². The van der Waals surface area contributed by atoms with Crippen LogP contribution in [0.4, 0.5) is 5.69 Å². The van der Waals surface area contributed by atoms with E-state index in [1.807, 2.05) is 31.0 Å². The summed E-state index contributed by atoms with van der Waals surface area (Å²) in [5, 5.41) is 7.18. The number of morpholine rings is 1. The molecule has 8 nitrogen and oxygen atoms in total. The third-order valence-electron chi connectivity index (χ3n) is 4.26. The van der Waals surface area contributed by atoms with Gasteiger partial charge in [0.15, 0.2) is 0 Å². The Kier molecular flexibility index (Phi) is 5.60. The molecule has 3 rings (SSSR count). The van der Waals surface area contributed by atoms with Crippen LogP contribution in [-0.4, -0.2) is 57.3 Å². The number of hydrogen-bond acceptors (Lipinski definition) is 6. The topological polar surface area (TPSA) is 85.2 Å². The number of pyridine rings is 1. The van der Waals surface area contributed by atoms with E-state index >= 15 is 0 Å². The highest BCUT2D eigenvalue weighted by Gasteiger charge is 2.26. The zero-order valence-electron chi connectivity index (χ0n) is 14.7. The fraction of sp³-hybridized carbons (Fsp3) is 0.529. The highest BCUT2D eigenvalue weighted by atomic mass is 16.5. The Morgan fingerprint density at radius 1 is 1.44 bits per heavy atom. The molecule has 1 aliphatic rings. The predicted molar refractivity (Wildman–Crippen MR) is 93.0 cm³/mol. The predicted octanol–water partition coefficient (Wildman–Crippen LogP) is 1.40. The second-order valence-corrected chi connectivity index (χ2v) is 6.13. The Morgan fingerprint density at radius 3 is 3.08 bits per heavy atom. The number of rotatable bonds is 6. The van der Waals surface area contributed by atoms with Crippen LogP contribution in [0.5, 0.6) is 0 Å². The van der Waals surface area contributed by atoms with Gasteiger partial charge in [-0.25, -0.2) is 4.98 Å². The van der Waals surface area contributed by atoms with Crippen LogP contribution in [0.3, 0.4) is 0 Å². The Bertz CT molecular complexity index is 703. The van der Waals surface area contributed by atoms with Crippen LogP contribution in [0.2, 0.25) is 0 Å². The standard InChI is InChI=1S/C17H24N6O2/c1-13-8-14(18-2)9-15(21-13)16-10-22(6-7-25-16)17(24)4-3-5-23-12-19-11-20-23/h8-9,11-12,16H,3-7,10H2,1-2H3,(H,18,21)/t16-/m0/s1. The van der Waals surface area contributed by atoms with Gasteiger partial charge in [0, 0.05) is 37.9 Å². The van der Waals surface area contributed by atoms with Crippen molar-refractivity contribution < 1.29 is 9.53 Å². The first-order chi connectivity index (χ1) is 12.2. The number of amides is 1. The summed E-state index contributed by atoms with van der Waals surface area (Å²) < 4.78 is 7.60. The first-order valence-corrected chi connectivity index (χ1v) is 8.54. The molecule has 1 amide bonds. The van der Waals surface area contributed by atoms with Crippen molar-refractivity contribution in [2.24, 2.45) is 0 Å². The van der Waals surface area contributed by atoms with Crippen molar-refractivity contribution in [3.05, 3.63) is 36.2 Å². The molecule has 0 radical (unpaired) electrons. The van der Waals surface area contributed by atoms with Gasteiger partial charge in [0.25, 0.3) is 0 Å². The van der Waals surface area contributed by atoms with Crippen LogP contribution in [-0.2, 0) is 16.1 Å². The van der Waals surface area contributed by atoms with Crippen molar-refractivity contribution in [1.82, 2.24) is 24.6 Å². The smallest absolute Gasteiger partial charge is 0.222 e. The van der Waals surface area contributed by atoms with E-state index in [0.29, 0.717) is 32.7 Å². The van der Waals surface area contributed by atoms with Crippen LogP contribution in [0.1, 0.15) is 30.3 Å². The summed E-state index contributed by atoms with van der Waals surface area (Å²) in [6.45, 7) is 4.36. The monoisotopic (exact) mass is 344 g/mol. The first kappa shape index (κ1) is 17.3. The molecular formula is C17H24N6O2. The van der Waals surface area contributed by atoms with Crippen molar-refractivity contribution >= 4 is 11.6 Å². The van der Waals surface area contributed by atoms with Gasteiger partial charge in [0.2, 0.25) is 5.91 Å². The number of aryl methyl sites for hydroxylation is 2. The molecular weight excluding hydrogens is 320 g/mol. The van der Waals surface area contributed by atoms with Gasteiger partial charge in [-0.05, 0) is 25.5 Å². The molecule has 0 aliphatic carbocycles. The Labute approximate surface area is 147 Å². The SMILES string of the molecule is CNc1cc(C)nc([C@@H]2CN(C(=O)CCCn3cncn3)CCO2)c1. The van der Waals surface area contributed by atoms with E-state index in [1.54, 1.807) is 11.0 Å². The summed E-state index contributed by atoms with van der Waals surface area (Å²) in [5.74, 6) is 0.148. The summed E-state index contributed by atoms with van der Waals surface area (Å²) in [5.41, 5.74) is 2.80. The summed E-state index contributed by atoms with van der Waals surface area (Å²) in [4.78, 5) is 22.8. The number of carbonyl (C=O) groups excluding carboxylic acids is 1. The first-order valence-electron chi connectivity index (χ1n) is 8.54. The molecule has 3 heterocycles. The van der Waals surface area contributed by atoms with Gasteiger partial charge < -0.3 is 15.0 Å². The average molecular weight is 344 g/mol. The molecule has 1 N–H and O–H groups in total. The van der Waals surface area contributed by atoms with Gasteiger partial charge in [0.05, 0.1) is 18.8 Å². The molecule has 1 atom stereocenters. The zero-order chi connectivity index (χ0) is 17.6. The molecule has 0 saturated carbocycles. The van der Waals surface area contributed by atoms with Crippen LogP contribution in [0.25, 0.3) is 0 Å². The minimum atomic E-state index is -0.181. The van der Waals surface area contributed by atoms with Crippen molar-refractivity contribution in [3.63, 3.8) is 0 Å². The Balaban J connectivity index is 1.57. The molecule has 134 valence electrons. The number of hydrogen-bond donors (Lipinski definition) is 1. The molecule has 0 bridgehead atoms. The van der Waals surface area contributed by atoms with E-state index in [-0.39, 0.29) is 12.0 Å². The largest absolute Gasteiger partial charge is 0.388 e. The van der Waals surface area contributed by atoms with Crippen molar-refractivity contribution in [3.8, 4) is 0 Å². The maximum Gasteiger partial charge on any atom is 0.222 e. The summed E-state index contributed by atoms with van der Waals surface area (Å²) in [7, 11) is 1.88. The summed E-state index contributed by atoms with van der Waals surface area (Å²) in [6, 6.07) is 3.97. The Hall–Kier alpha value is -2.48. The van der Waals surface area contributed by atoms with E-state index in [9.17, 15) is 4.79 Å². The quantitative estimate of drug-likeness (QED) is 0.853. The van der Waals surface area contributed by atoms with Gasteiger partial charge >= 0.3 is 0 Å². The highest BCUT2D eigenvalue weighted by molar-refractivity contribution is 5.76. The number of nitrogens with zero attached hydrogens (tertiary/aromatic N) is 5. The molecule has 8 heteroatoms. The second kappa shape index (κ2) is 8.06. The second-order valence-electron chi connectivity index (χ2n) is 6.13. The summed E-state index contributed by atoms with van der Waals surface area (Å²) in [6.07, 6.45) is 4.23. The van der Waals surface area contributed by atoms with Gasteiger partial charge in [-0.1, -0.05) is 0 Å². The summed E-state index contributed by atoms with van der Waals surface area (Å²) >= 11 is 0. The molecule has 0 unspecified atom stereocenters. The molecule has 1 fully saturated rings. The van der Waals surface area contributed by atoms with E-state index in [1.165, 1.54) is 6.33 Å². The maximum atomic E-state index is 12.5. The normalized spacial score (nSPS) is 17.5. The van der Waals surface area contributed by atoms with E-state index in [4.69, 9.17) is 4.74 Å². The number of nitrogens with one attached hydrogen (secondary N) is 1. The number of aromatic nitrogens is 4. The number of anilines is 1. The number of carbonyl (C=O) groups is 1. The van der Waals surface area contributed by atoms with Crippen molar-refractivity contribution in [2.75, 3.05) is 32.1 Å². The number of ether oxygens (including phenoxy) is 1. The average Bonchev–Trinajstić information content (AvgIpc) is 3.14. The van der Waals surface area contributed by atoms with Crippen molar-refractivity contribution in [2.45, 2.75) is 32.4 Å². The van der Waals surface area contributed by atoms with Gasteiger partial charge in [0.1, 0.15) is 18.8 Å². The maximum absolute atomic E-state index is 12.5. The lowest BCUT2D eigenvalue weighted by atomic mass is 10.1. The van der Waals surface area contributed by atoms with Crippen LogP contribution in [0, 0.1) is 6.92 Å². The van der Waals surface area contributed by atoms with Crippen LogP contribution < -0.4 is 5.32 Å². The molecule has 1 saturated heterocycles.